The summed E-state index contributed by atoms with van der Waals surface area (Å²) in [4.78, 5) is 19.8. The fourth-order valence-corrected chi connectivity index (χ4v) is 4.42. The number of hydrogen-bond acceptors (Lipinski definition) is 5. The van der Waals surface area contributed by atoms with Gasteiger partial charge in [-0.2, -0.15) is 0 Å². The first kappa shape index (κ1) is 19.5. The fourth-order valence-electron chi connectivity index (χ4n) is 4.26. The number of pyridine rings is 1. The molecule has 0 bridgehead atoms. The number of aromatic nitrogens is 3. The van der Waals surface area contributed by atoms with Crippen LogP contribution in [0.5, 0.6) is 0 Å². The molecule has 0 spiro atoms. The molecule has 1 atom stereocenters. The normalized spacial score (nSPS) is 21.4. The van der Waals surface area contributed by atoms with Gasteiger partial charge in [-0.3, -0.25) is 14.1 Å². The lowest BCUT2D eigenvalue weighted by molar-refractivity contribution is -0.137. The van der Waals surface area contributed by atoms with E-state index in [4.69, 9.17) is 11.6 Å². The lowest BCUT2D eigenvalue weighted by Gasteiger charge is -2.39. The lowest BCUT2D eigenvalue weighted by atomic mass is 9.96. The van der Waals surface area contributed by atoms with Gasteiger partial charge in [0.25, 0.3) is 0 Å². The van der Waals surface area contributed by atoms with Gasteiger partial charge >= 0.3 is 0 Å². The molecule has 1 unspecified atom stereocenters. The van der Waals surface area contributed by atoms with E-state index in [0.29, 0.717) is 17.5 Å². The second-order valence-electron chi connectivity index (χ2n) is 7.88. The van der Waals surface area contributed by atoms with Crippen molar-refractivity contribution in [2.45, 2.75) is 32.6 Å². The molecule has 2 fully saturated rings. The molecule has 4 rings (SSSR count). The van der Waals surface area contributed by atoms with Crippen molar-refractivity contribution in [2.24, 2.45) is 5.92 Å². The zero-order valence-corrected chi connectivity index (χ0v) is 17.3. The minimum atomic E-state index is 0.0301. The van der Waals surface area contributed by atoms with Gasteiger partial charge in [0.2, 0.25) is 11.9 Å². The topological polar surface area (TPSA) is 57.0 Å². The van der Waals surface area contributed by atoms with Crippen LogP contribution in [0.3, 0.4) is 0 Å². The highest BCUT2D eigenvalue weighted by Gasteiger charge is 2.32. The lowest BCUT2D eigenvalue weighted by Crippen LogP contribution is -2.52. The number of hydrogen-bond donors (Lipinski definition) is 0. The SMILES string of the molecule is CCCCN1CCN(C(=O)C2CCCN(c3nnc4ccc(Cl)cn34)C2)CC1. The highest BCUT2D eigenvalue weighted by atomic mass is 35.5. The molecule has 8 heteroatoms. The van der Waals surface area contributed by atoms with Crippen LogP contribution < -0.4 is 4.90 Å². The van der Waals surface area contributed by atoms with Crippen LogP contribution in [0.25, 0.3) is 5.65 Å². The first-order valence-electron chi connectivity index (χ1n) is 10.4. The zero-order valence-electron chi connectivity index (χ0n) is 16.6. The number of piperidine rings is 1. The molecule has 1 amide bonds. The van der Waals surface area contributed by atoms with Crippen molar-refractivity contribution >= 4 is 29.1 Å². The van der Waals surface area contributed by atoms with Crippen LogP contribution in [-0.2, 0) is 4.79 Å². The Hall–Kier alpha value is -1.86. The Bertz CT molecular complexity index is 816. The zero-order chi connectivity index (χ0) is 19.5. The Balaban J connectivity index is 1.40. The number of amides is 1. The Morgan fingerprint density at radius 2 is 2.00 bits per heavy atom. The molecule has 2 aromatic rings. The minimum absolute atomic E-state index is 0.0301. The molecular formula is C20H29ClN6O. The van der Waals surface area contributed by atoms with Crippen molar-refractivity contribution < 1.29 is 4.79 Å². The smallest absolute Gasteiger partial charge is 0.231 e. The number of nitrogens with zero attached hydrogens (tertiary/aromatic N) is 6. The Labute approximate surface area is 171 Å². The van der Waals surface area contributed by atoms with E-state index in [0.717, 1.165) is 63.7 Å². The second-order valence-corrected chi connectivity index (χ2v) is 8.32. The summed E-state index contributed by atoms with van der Waals surface area (Å²) in [5.74, 6) is 1.11. The van der Waals surface area contributed by atoms with Gasteiger partial charge in [-0.15, -0.1) is 10.2 Å². The number of halogens is 1. The molecule has 2 aliphatic rings. The predicted octanol–water partition coefficient (Wildman–Crippen LogP) is 2.54. The van der Waals surface area contributed by atoms with Gasteiger partial charge in [0.05, 0.1) is 10.9 Å². The number of anilines is 1. The molecule has 4 heterocycles. The Morgan fingerprint density at radius 3 is 2.79 bits per heavy atom. The van der Waals surface area contributed by atoms with Crippen molar-refractivity contribution in [3.05, 3.63) is 23.4 Å². The maximum absolute atomic E-state index is 13.1. The summed E-state index contributed by atoms with van der Waals surface area (Å²) in [6.45, 7) is 8.65. The molecule has 7 nitrogen and oxygen atoms in total. The molecular weight excluding hydrogens is 376 g/mol. The van der Waals surface area contributed by atoms with Crippen molar-refractivity contribution in [1.29, 1.82) is 0 Å². The summed E-state index contributed by atoms with van der Waals surface area (Å²) in [6.07, 6.45) is 6.24. The van der Waals surface area contributed by atoms with Crippen LogP contribution in [0.4, 0.5) is 5.95 Å². The van der Waals surface area contributed by atoms with E-state index >= 15 is 0 Å². The summed E-state index contributed by atoms with van der Waals surface area (Å²) in [5.41, 5.74) is 0.774. The van der Waals surface area contributed by atoms with Crippen LogP contribution in [0.15, 0.2) is 18.3 Å². The van der Waals surface area contributed by atoms with Gasteiger partial charge in [-0.1, -0.05) is 24.9 Å². The molecule has 28 heavy (non-hydrogen) atoms. The third-order valence-electron chi connectivity index (χ3n) is 5.91. The van der Waals surface area contributed by atoms with Crippen molar-refractivity contribution in [1.82, 2.24) is 24.4 Å². The minimum Gasteiger partial charge on any atom is -0.340 e. The largest absolute Gasteiger partial charge is 0.340 e. The monoisotopic (exact) mass is 404 g/mol. The Kier molecular flexibility index (Phi) is 6.01. The van der Waals surface area contributed by atoms with Gasteiger partial charge in [-0.05, 0) is 37.9 Å². The number of carbonyl (C=O) groups is 1. The summed E-state index contributed by atoms with van der Waals surface area (Å²) < 4.78 is 1.92. The molecule has 0 saturated carbocycles. The molecule has 2 aromatic heterocycles. The van der Waals surface area contributed by atoms with Crippen molar-refractivity contribution in [3.8, 4) is 0 Å². The van der Waals surface area contributed by atoms with Crippen LogP contribution in [0, 0.1) is 5.92 Å². The fraction of sp³-hybridized carbons (Fsp3) is 0.650. The van der Waals surface area contributed by atoms with E-state index in [2.05, 4.69) is 31.8 Å². The molecule has 2 aliphatic heterocycles. The maximum atomic E-state index is 13.1. The highest BCUT2D eigenvalue weighted by Crippen LogP contribution is 2.25. The van der Waals surface area contributed by atoms with E-state index in [1.165, 1.54) is 12.8 Å². The number of rotatable bonds is 5. The molecule has 2 saturated heterocycles. The van der Waals surface area contributed by atoms with E-state index in [1.807, 2.05) is 22.7 Å². The Morgan fingerprint density at radius 1 is 1.18 bits per heavy atom. The quantitative estimate of drug-likeness (QED) is 0.766. The third kappa shape index (κ3) is 4.10. The summed E-state index contributed by atoms with van der Waals surface area (Å²) in [5, 5.41) is 9.24. The van der Waals surface area contributed by atoms with Gasteiger partial charge in [0.1, 0.15) is 0 Å². The number of fused-ring (bicyclic) bond motifs is 1. The van der Waals surface area contributed by atoms with E-state index < -0.39 is 0 Å². The summed E-state index contributed by atoms with van der Waals surface area (Å²) in [6, 6.07) is 3.68. The van der Waals surface area contributed by atoms with Crippen molar-refractivity contribution in [3.63, 3.8) is 0 Å². The van der Waals surface area contributed by atoms with Gasteiger partial charge in [0.15, 0.2) is 5.65 Å². The van der Waals surface area contributed by atoms with Gasteiger partial charge in [0, 0.05) is 45.5 Å². The van der Waals surface area contributed by atoms with Crippen LogP contribution in [0.2, 0.25) is 5.02 Å². The van der Waals surface area contributed by atoms with E-state index in [1.54, 1.807) is 0 Å². The number of unbranched alkanes of at least 4 members (excludes halogenated alkanes) is 1. The first-order chi connectivity index (χ1) is 13.7. The number of piperazine rings is 1. The first-order valence-corrected chi connectivity index (χ1v) is 10.8. The molecule has 0 aliphatic carbocycles. The van der Waals surface area contributed by atoms with E-state index in [9.17, 15) is 4.79 Å². The summed E-state index contributed by atoms with van der Waals surface area (Å²) >= 11 is 6.15. The van der Waals surface area contributed by atoms with Gasteiger partial charge in [-0.25, -0.2) is 0 Å². The third-order valence-corrected chi connectivity index (χ3v) is 6.14. The van der Waals surface area contributed by atoms with Crippen molar-refractivity contribution in [2.75, 3.05) is 50.7 Å². The maximum Gasteiger partial charge on any atom is 0.231 e. The van der Waals surface area contributed by atoms with Crippen LogP contribution in [-0.4, -0.2) is 76.1 Å². The predicted molar refractivity (Wildman–Crippen MR) is 111 cm³/mol. The molecule has 0 N–H and O–H groups in total. The molecule has 0 radical (unpaired) electrons. The average Bonchev–Trinajstić information content (AvgIpc) is 3.15. The standard InChI is InChI=1S/C20H29ClN6O/c1-2-3-8-24-10-12-25(13-11-24)19(28)16-5-4-9-26(14-16)20-23-22-18-7-6-17(21)15-27(18)20/h6-7,15-16H,2-5,8-14H2,1H3. The molecule has 152 valence electrons. The summed E-state index contributed by atoms with van der Waals surface area (Å²) in [7, 11) is 0. The van der Waals surface area contributed by atoms with E-state index in [-0.39, 0.29) is 5.92 Å². The highest BCUT2D eigenvalue weighted by molar-refractivity contribution is 6.30. The van der Waals surface area contributed by atoms with Crippen LogP contribution >= 0.6 is 11.6 Å². The second kappa shape index (κ2) is 8.66. The molecule has 0 aromatic carbocycles. The number of carbonyl (C=O) groups excluding carboxylic acids is 1. The van der Waals surface area contributed by atoms with Crippen LogP contribution in [0.1, 0.15) is 32.6 Å². The van der Waals surface area contributed by atoms with Gasteiger partial charge < -0.3 is 9.80 Å². The average molecular weight is 405 g/mol.